The molecule has 150 valence electrons. The molecule has 3 aliphatic heterocycles. The first kappa shape index (κ1) is 19.1. The highest BCUT2D eigenvalue weighted by Gasteiger charge is 2.63. The number of imide groups is 1. The SMILES string of the molecule is Cc1ccc(N2C(=O)[C@@H]3[C@@H](C2=O)N2CCCN2[C@H]3c2ccc(Cl)cc2Cl)cc1C. The maximum atomic E-state index is 13.6. The second-order valence-corrected chi connectivity index (χ2v) is 8.89. The van der Waals surface area contributed by atoms with Gasteiger partial charge in [0.05, 0.1) is 17.6 Å². The van der Waals surface area contributed by atoms with Crippen molar-refractivity contribution < 1.29 is 9.59 Å². The van der Waals surface area contributed by atoms with Crippen molar-refractivity contribution in [1.29, 1.82) is 0 Å². The van der Waals surface area contributed by atoms with Crippen LogP contribution in [-0.2, 0) is 9.59 Å². The zero-order valence-electron chi connectivity index (χ0n) is 16.2. The number of nitrogens with zero attached hydrogens (tertiary/aromatic N) is 3. The van der Waals surface area contributed by atoms with E-state index in [0.29, 0.717) is 15.7 Å². The smallest absolute Gasteiger partial charge is 0.253 e. The fourth-order valence-corrected chi connectivity index (χ4v) is 5.47. The van der Waals surface area contributed by atoms with Gasteiger partial charge in [-0.3, -0.25) is 9.59 Å². The third-order valence-corrected chi connectivity index (χ3v) is 7.00. The van der Waals surface area contributed by atoms with Gasteiger partial charge in [0, 0.05) is 23.1 Å². The standard InChI is InChI=1S/C22H21Cl2N3O2/c1-12-4-6-15(10-13(12)2)27-21(28)18-19(16-7-5-14(23)11-17(16)24)25-8-3-9-26(25)20(18)22(27)29/h4-7,10-11,18-20H,3,8-9H2,1-2H3/t18-,19-,20-/m0/s1. The molecule has 5 nitrogen and oxygen atoms in total. The molecule has 5 rings (SSSR count). The number of carbonyl (C=O) groups excluding carboxylic acids is 2. The van der Waals surface area contributed by atoms with Crippen molar-refractivity contribution in [3.63, 3.8) is 0 Å². The minimum absolute atomic E-state index is 0.150. The maximum absolute atomic E-state index is 13.6. The van der Waals surface area contributed by atoms with E-state index >= 15 is 0 Å². The number of hydrogen-bond acceptors (Lipinski definition) is 4. The molecule has 3 saturated heterocycles. The van der Waals surface area contributed by atoms with Gasteiger partial charge in [-0.25, -0.2) is 14.9 Å². The highest BCUT2D eigenvalue weighted by atomic mass is 35.5. The minimum Gasteiger partial charge on any atom is -0.274 e. The van der Waals surface area contributed by atoms with Crippen LogP contribution in [0.15, 0.2) is 36.4 Å². The third-order valence-electron chi connectivity index (χ3n) is 6.44. The van der Waals surface area contributed by atoms with Gasteiger partial charge in [0.2, 0.25) is 5.91 Å². The molecule has 2 aromatic carbocycles. The minimum atomic E-state index is -0.483. The number of hydrogen-bond donors (Lipinski definition) is 0. The lowest BCUT2D eigenvalue weighted by Crippen LogP contribution is -2.44. The van der Waals surface area contributed by atoms with Crippen molar-refractivity contribution in [3.05, 3.63) is 63.1 Å². The zero-order chi connectivity index (χ0) is 20.4. The zero-order valence-corrected chi connectivity index (χ0v) is 17.7. The van der Waals surface area contributed by atoms with Gasteiger partial charge < -0.3 is 0 Å². The summed E-state index contributed by atoms with van der Waals surface area (Å²) in [4.78, 5) is 28.4. The van der Waals surface area contributed by atoms with Crippen LogP contribution in [0.5, 0.6) is 0 Å². The summed E-state index contributed by atoms with van der Waals surface area (Å²) in [5, 5.41) is 5.30. The molecule has 3 atom stereocenters. The van der Waals surface area contributed by atoms with E-state index in [1.165, 1.54) is 4.90 Å². The Hall–Kier alpha value is -1.92. The summed E-state index contributed by atoms with van der Waals surface area (Å²) in [5.74, 6) is -0.792. The molecule has 3 fully saturated rings. The molecule has 0 bridgehead atoms. The van der Waals surface area contributed by atoms with E-state index in [1.807, 2.05) is 38.1 Å². The van der Waals surface area contributed by atoms with Crippen molar-refractivity contribution in [2.75, 3.05) is 18.0 Å². The molecule has 0 unspecified atom stereocenters. The average molecular weight is 430 g/mol. The molecule has 2 amide bonds. The summed E-state index contributed by atoms with van der Waals surface area (Å²) in [5.41, 5.74) is 3.67. The first-order valence-electron chi connectivity index (χ1n) is 9.81. The van der Waals surface area contributed by atoms with Crippen LogP contribution in [0.4, 0.5) is 5.69 Å². The molecule has 3 heterocycles. The summed E-state index contributed by atoms with van der Waals surface area (Å²) >= 11 is 12.6. The summed E-state index contributed by atoms with van der Waals surface area (Å²) in [7, 11) is 0. The van der Waals surface area contributed by atoms with Gasteiger partial charge in [0.15, 0.2) is 0 Å². The van der Waals surface area contributed by atoms with Crippen molar-refractivity contribution >= 4 is 40.7 Å². The van der Waals surface area contributed by atoms with E-state index in [0.717, 1.165) is 36.2 Å². The molecule has 0 spiro atoms. The van der Waals surface area contributed by atoms with Gasteiger partial charge in [-0.15, -0.1) is 0 Å². The Morgan fingerprint density at radius 3 is 2.28 bits per heavy atom. The molecular formula is C22H21Cl2N3O2. The first-order chi connectivity index (χ1) is 13.9. The van der Waals surface area contributed by atoms with Crippen molar-refractivity contribution in [2.24, 2.45) is 5.92 Å². The largest absolute Gasteiger partial charge is 0.274 e. The predicted octanol–water partition coefficient (Wildman–Crippen LogP) is 4.15. The average Bonchev–Trinajstić information content (AvgIpc) is 3.31. The van der Waals surface area contributed by atoms with Gasteiger partial charge in [0.1, 0.15) is 6.04 Å². The van der Waals surface area contributed by atoms with Gasteiger partial charge in [0.25, 0.3) is 5.91 Å². The van der Waals surface area contributed by atoms with Gasteiger partial charge in [-0.2, -0.15) is 0 Å². The van der Waals surface area contributed by atoms with Gasteiger partial charge in [-0.1, -0.05) is 35.3 Å². The molecule has 7 heteroatoms. The third kappa shape index (κ3) is 2.76. The summed E-state index contributed by atoms with van der Waals surface area (Å²) in [6.45, 7) is 5.58. The van der Waals surface area contributed by atoms with Crippen LogP contribution in [-0.4, -0.2) is 41.0 Å². The van der Waals surface area contributed by atoms with E-state index in [1.54, 1.807) is 12.1 Å². The van der Waals surface area contributed by atoms with Crippen LogP contribution in [0.2, 0.25) is 10.0 Å². The lowest BCUT2D eigenvalue weighted by Gasteiger charge is -2.30. The Kier molecular flexibility index (Phi) is 4.48. The fraction of sp³-hybridized carbons (Fsp3) is 0.364. The van der Waals surface area contributed by atoms with Gasteiger partial charge >= 0.3 is 0 Å². The predicted molar refractivity (Wildman–Crippen MR) is 113 cm³/mol. The summed E-state index contributed by atoms with van der Waals surface area (Å²) in [6.07, 6.45) is 0.954. The van der Waals surface area contributed by atoms with Crippen molar-refractivity contribution in [1.82, 2.24) is 10.0 Å². The van der Waals surface area contributed by atoms with E-state index in [9.17, 15) is 9.59 Å². The number of fused-ring (bicyclic) bond motifs is 3. The number of aryl methyl sites for hydroxylation is 2. The Morgan fingerprint density at radius 1 is 0.862 bits per heavy atom. The normalized spacial score (nSPS) is 27.0. The van der Waals surface area contributed by atoms with Crippen LogP contribution in [0.3, 0.4) is 0 Å². The quantitative estimate of drug-likeness (QED) is 0.672. The van der Waals surface area contributed by atoms with E-state index in [2.05, 4.69) is 10.0 Å². The van der Waals surface area contributed by atoms with Crippen LogP contribution in [0.1, 0.15) is 29.2 Å². The number of benzene rings is 2. The molecule has 0 N–H and O–H groups in total. The summed E-state index contributed by atoms with van der Waals surface area (Å²) in [6, 6.07) is 10.3. The lowest BCUT2D eigenvalue weighted by molar-refractivity contribution is -0.126. The number of anilines is 1. The van der Waals surface area contributed by atoms with Crippen LogP contribution >= 0.6 is 23.2 Å². The fourth-order valence-electron chi connectivity index (χ4n) is 4.95. The molecule has 0 radical (unpaired) electrons. The Labute approximate surface area is 179 Å². The van der Waals surface area contributed by atoms with E-state index in [4.69, 9.17) is 23.2 Å². The molecule has 0 aliphatic carbocycles. The number of halogens is 2. The molecular weight excluding hydrogens is 409 g/mol. The Bertz CT molecular complexity index is 1040. The number of hydrazine groups is 1. The highest BCUT2D eigenvalue weighted by molar-refractivity contribution is 6.35. The Balaban J connectivity index is 1.60. The van der Waals surface area contributed by atoms with Crippen LogP contribution in [0.25, 0.3) is 0 Å². The number of rotatable bonds is 2. The highest BCUT2D eigenvalue weighted by Crippen LogP contribution is 2.50. The molecule has 3 aliphatic rings. The molecule has 0 aromatic heterocycles. The molecule has 2 aromatic rings. The number of amides is 2. The van der Waals surface area contributed by atoms with E-state index in [-0.39, 0.29) is 17.9 Å². The maximum Gasteiger partial charge on any atom is 0.253 e. The van der Waals surface area contributed by atoms with Crippen molar-refractivity contribution in [2.45, 2.75) is 32.4 Å². The molecule has 29 heavy (non-hydrogen) atoms. The topological polar surface area (TPSA) is 43.9 Å². The summed E-state index contributed by atoms with van der Waals surface area (Å²) < 4.78 is 0. The number of carbonyl (C=O) groups is 2. The second-order valence-electron chi connectivity index (χ2n) is 8.04. The molecule has 0 saturated carbocycles. The van der Waals surface area contributed by atoms with Crippen molar-refractivity contribution in [3.8, 4) is 0 Å². The second kappa shape index (κ2) is 6.81. The Morgan fingerprint density at radius 2 is 1.59 bits per heavy atom. The monoisotopic (exact) mass is 429 g/mol. The van der Waals surface area contributed by atoms with E-state index < -0.39 is 12.0 Å². The van der Waals surface area contributed by atoms with Gasteiger partial charge in [-0.05, 0) is 61.2 Å². The lowest BCUT2D eigenvalue weighted by atomic mass is 9.90. The first-order valence-corrected chi connectivity index (χ1v) is 10.6. The van der Waals surface area contributed by atoms with Crippen LogP contribution < -0.4 is 4.90 Å². The van der Waals surface area contributed by atoms with Crippen LogP contribution in [0, 0.1) is 19.8 Å².